The van der Waals surface area contributed by atoms with Gasteiger partial charge in [-0.25, -0.2) is 4.79 Å². The van der Waals surface area contributed by atoms with Gasteiger partial charge >= 0.3 is 12.1 Å². The summed E-state index contributed by atoms with van der Waals surface area (Å²) in [7, 11) is 1.38. The van der Waals surface area contributed by atoms with Crippen LogP contribution in [0.25, 0.3) is 10.9 Å². The number of nitrogens with zero attached hydrogens (tertiary/aromatic N) is 2. The average Bonchev–Trinajstić information content (AvgIpc) is 2.88. The Bertz CT molecular complexity index is 718. The van der Waals surface area contributed by atoms with E-state index >= 15 is 0 Å². The van der Waals surface area contributed by atoms with Crippen LogP contribution in [0.1, 0.15) is 27.2 Å². The molecular formula is C16H20N2O4S. The SMILES string of the molecule is COC(=O)CCSc1ccc2c(cnn2C(=O)OC(C)(C)C)c1. The molecule has 1 aromatic heterocycles. The van der Waals surface area contributed by atoms with Crippen LogP contribution in [0.2, 0.25) is 0 Å². The van der Waals surface area contributed by atoms with E-state index in [4.69, 9.17) is 4.74 Å². The lowest BCUT2D eigenvalue weighted by Gasteiger charge is -2.19. The van der Waals surface area contributed by atoms with E-state index in [1.165, 1.54) is 11.8 Å². The summed E-state index contributed by atoms with van der Waals surface area (Å²) in [6, 6.07) is 5.66. The molecule has 1 heterocycles. The number of hydrogen-bond acceptors (Lipinski definition) is 6. The first-order valence-corrected chi connectivity index (χ1v) is 8.19. The van der Waals surface area contributed by atoms with Crippen LogP contribution in [0.5, 0.6) is 0 Å². The first-order valence-electron chi connectivity index (χ1n) is 7.21. The average molecular weight is 336 g/mol. The largest absolute Gasteiger partial charge is 0.469 e. The number of methoxy groups -OCH3 is 1. The van der Waals surface area contributed by atoms with Crippen LogP contribution in [-0.2, 0) is 14.3 Å². The van der Waals surface area contributed by atoms with Crippen molar-refractivity contribution in [1.82, 2.24) is 9.78 Å². The number of thioether (sulfide) groups is 1. The normalized spacial score (nSPS) is 11.5. The van der Waals surface area contributed by atoms with Gasteiger partial charge in [-0.15, -0.1) is 11.8 Å². The second kappa shape index (κ2) is 7.04. The number of hydrogen-bond donors (Lipinski definition) is 0. The Morgan fingerprint density at radius 1 is 1.30 bits per heavy atom. The maximum Gasteiger partial charge on any atom is 0.435 e. The molecule has 124 valence electrons. The Balaban J connectivity index is 2.11. The zero-order valence-electron chi connectivity index (χ0n) is 13.7. The minimum atomic E-state index is -0.570. The number of carbonyl (C=O) groups excluding carboxylic acids is 2. The van der Waals surface area contributed by atoms with Crippen molar-refractivity contribution in [2.45, 2.75) is 37.7 Å². The van der Waals surface area contributed by atoms with Crippen molar-refractivity contribution in [1.29, 1.82) is 0 Å². The molecule has 2 aromatic rings. The van der Waals surface area contributed by atoms with Crippen LogP contribution in [0.4, 0.5) is 4.79 Å². The van der Waals surface area contributed by atoms with Crippen molar-refractivity contribution in [3.05, 3.63) is 24.4 Å². The van der Waals surface area contributed by atoms with E-state index in [1.807, 2.05) is 39.0 Å². The van der Waals surface area contributed by atoms with Crippen molar-refractivity contribution in [3.8, 4) is 0 Å². The lowest BCUT2D eigenvalue weighted by Crippen LogP contribution is -2.27. The maximum absolute atomic E-state index is 12.1. The third-order valence-electron chi connectivity index (χ3n) is 2.91. The van der Waals surface area contributed by atoms with Crippen LogP contribution in [0, 0.1) is 0 Å². The monoisotopic (exact) mass is 336 g/mol. The van der Waals surface area contributed by atoms with E-state index in [0.717, 1.165) is 10.3 Å². The minimum absolute atomic E-state index is 0.226. The van der Waals surface area contributed by atoms with Crippen molar-refractivity contribution in [3.63, 3.8) is 0 Å². The van der Waals surface area contributed by atoms with E-state index in [9.17, 15) is 9.59 Å². The van der Waals surface area contributed by atoms with Gasteiger partial charge in [0.1, 0.15) is 5.60 Å². The van der Waals surface area contributed by atoms with Crippen LogP contribution in [0.15, 0.2) is 29.3 Å². The van der Waals surface area contributed by atoms with Crippen LogP contribution < -0.4 is 0 Å². The lowest BCUT2D eigenvalue weighted by atomic mass is 10.2. The molecule has 0 aliphatic rings. The standard InChI is InChI=1S/C16H20N2O4S/c1-16(2,3)22-15(20)18-13-6-5-12(9-11(13)10-17-18)23-8-7-14(19)21-4/h5-6,9-10H,7-8H2,1-4H3. The smallest absolute Gasteiger partial charge is 0.435 e. The molecule has 0 atom stereocenters. The molecule has 0 N–H and O–H groups in total. The second-order valence-electron chi connectivity index (χ2n) is 5.93. The predicted molar refractivity (Wildman–Crippen MR) is 88.7 cm³/mol. The molecule has 0 aliphatic heterocycles. The minimum Gasteiger partial charge on any atom is -0.469 e. The van der Waals surface area contributed by atoms with Crippen molar-refractivity contribution in [2.24, 2.45) is 0 Å². The fourth-order valence-electron chi connectivity index (χ4n) is 1.91. The first kappa shape index (κ1) is 17.3. The highest BCUT2D eigenvalue weighted by Crippen LogP contribution is 2.24. The molecule has 0 amide bonds. The molecule has 0 aliphatic carbocycles. The summed E-state index contributed by atoms with van der Waals surface area (Å²) < 4.78 is 11.2. The molecule has 0 radical (unpaired) electrons. The van der Waals surface area contributed by atoms with Crippen molar-refractivity contribution < 1.29 is 19.1 Å². The summed E-state index contributed by atoms with van der Waals surface area (Å²) in [6.45, 7) is 5.44. The number of ether oxygens (including phenoxy) is 2. The van der Waals surface area contributed by atoms with E-state index in [1.54, 1.807) is 18.0 Å². The third kappa shape index (κ3) is 4.72. The van der Waals surface area contributed by atoms with Gasteiger partial charge in [-0.3, -0.25) is 4.79 Å². The number of carbonyl (C=O) groups is 2. The molecule has 23 heavy (non-hydrogen) atoms. The van der Waals surface area contributed by atoms with E-state index in [2.05, 4.69) is 9.84 Å². The van der Waals surface area contributed by atoms with Gasteiger partial charge in [-0.1, -0.05) is 0 Å². The fourth-order valence-corrected chi connectivity index (χ4v) is 2.78. The Hall–Kier alpha value is -2.02. The molecule has 1 aromatic carbocycles. The zero-order valence-corrected chi connectivity index (χ0v) is 14.5. The van der Waals surface area contributed by atoms with Crippen LogP contribution >= 0.6 is 11.8 Å². The van der Waals surface area contributed by atoms with Gasteiger partial charge in [0.25, 0.3) is 0 Å². The number of esters is 1. The Morgan fingerprint density at radius 2 is 2.04 bits per heavy atom. The molecule has 0 saturated carbocycles. The highest BCUT2D eigenvalue weighted by atomic mass is 32.2. The molecule has 0 fully saturated rings. The number of rotatable bonds is 4. The van der Waals surface area contributed by atoms with E-state index in [-0.39, 0.29) is 5.97 Å². The van der Waals surface area contributed by atoms with Crippen molar-refractivity contribution in [2.75, 3.05) is 12.9 Å². The highest BCUT2D eigenvalue weighted by Gasteiger charge is 2.20. The first-order chi connectivity index (χ1) is 10.8. The Labute approximate surface area is 139 Å². The van der Waals surface area contributed by atoms with Gasteiger partial charge in [-0.2, -0.15) is 9.78 Å². The van der Waals surface area contributed by atoms with Crippen LogP contribution in [-0.4, -0.2) is 40.3 Å². The molecule has 0 spiro atoms. The van der Waals surface area contributed by atoms with Gasteiger partial charge in [0.15, 0.2) is 0 Å². The van der Waals surface area contributed by atoms with E-state index in [0.29, 0.717) is 17.7 Å². The Morgan fingerprint density at radius 3 is 2.70 bits per heavy atom. The molecule has 0 bridgehead atoms. The van der Waals surface area contributed by atoms with Gasteiger partial charge in [0.05, 0.1) is 25.2 Å². The third-order valence-corrected chi connectivity index (χ3v) is 3.90. The lowest BCUT2D eigenvalue weighted by molar-refractivity contribution is -0.140. The molecule has 2 rings (SSSR count). The molecule has 0 unspecified atom stereocenters. The quantitative estimate of drug-likeness (QED) is 0.629. The van der Waals surface area contributed by atoms with Gasteiger partial charge in [-0.05, 0) is 39.0 Å². The molecular weight excluding hydrogens is 316 g/mol. The van der Waals surface area contributed by atoms with Crippen molar-refractivity contribution >= 4 is 34.7 Å². The van der Waals surface area contributed by atoms with Gasteiger partial charge in [0, 0.05) is 16.0 Å². The van der Waals surface area contributed by atoms with Gasteiger partial charge < -0.3 is 9.47 Å². The highest BCUT2D eigenvalue weighted by molar-refractivity contribution is 7.99. The maximum atomic E-state index is 12.1. The zero-order chi connectivity index (χ0) is 17.0. The topological polar surface area (TPSA) is 70.4 Å². The van der Waals surface area contributed by atoms with E-state index < -0.39 is 11.7 Å². The second-order valence-corrected chi connectivity index (χ2v) is 7.10. The summed E-state index contributed by atoms with van der Waals surface area (Å²) in [5.74, 6) is 0.412. The van der Waals surface area contributed by atoms with Gasteiger partial charge in [0.2, 0.25) is 0 Å². The molecule has 7 heteroatoms. The number of benzene rings is 1. The summed E-state index contributed by atoms with van der Waals surface area (Å²) >= 11 is 1.55. The predicted octanol–water partition coefficient (Wildman–Crippen LogP) is 3.47. The van der Waals surface area contributed by atoms with Crippen LogP contribution in [0.3, 0.4) is 0 Å². The molecule has 6 nitrogen and oxygen atoms in total. The summed E-state index contributed by atoms with van der Waals surface area (Å²) in [6.07, 6.45) is 1.48. The number of aromatic nitrogens is 2. The Kier molecular flexibility index (Phi) is 5.30. The number of fused-ring (bicyclic) bond motifs is 1. The summed E-state index contributed by atoms with van der Waals surface area (Å²) in [5, 5.41) is 4.95. The fraction of sp³-hybridized carbons (Fsp3) is 0.438. The summed E-state index contributed by atoms with van der Waals surface area (Å²) in [5.41, 5.74) is 0.121. The summed E-state index contributed by atoms with van der Waals surface area (Å²) in [4.78, 5) is 24.2. The molecule has 0 saturated heterocycles.